The smallest absolute Gasteiger partial charge is 0.239 e. The van der Waals surface area contributed by atoms with Crippen molar-refractivity contribution >= 4 is 28.1 Å². The molecule has 0 bridgehead atoms. The van der Waals surface area contributed by atoms with E-state index in [1.165, 1.54) is 4.90 Å². The summed E-state index contributed by atoms with van der Waals surface area (Å²) in [7, 11) is 0.621. The zero-order valence-electron chi connectivity index (χ0n) is 10.9. The predicted octanol–water partition coefficient (Wildman–Crippen LogP) is 1.78. The highest BCUT2D eigenvalue weighted by Crippen LogP contribution is 2.15. The lowest BCUT2D eigenvalue weighted by atomic mass is 10.2. The topological polar surface area (TPSA) is 63.4 Å². The minimum atomic E-state index is -1.06. The van der Waals surface area contributed by atoms with Gasteiger partial charge in [0.2, 0.25) is 5.91 Å². The molecule has 0 fully saturated rings. The van der Waals surface area contributed by atoms with Crippen LogP contribution in [0.2, 0.25) is 0 Å². The summed E-state index contributed by atoms with van der Waals surface area (Å²) < 4.78 is 11.6. The third kappa shape index (κ3) is 4.49. The molecule has 0 saturated carbocycles. The largest absolute Gasteiger partial charge is 0.399 e. The van der Waals surface area contributed by atoms with Crippen LogP contribution in [0.1, 0.15) is 19.8 Å². The molecule has 0 saturated heterocycles. The number of anilines is 2. The maximum Gasteiger partial charge on any atom is 0.239 e. The molecule has 1 rings (SSSR count). The van der Waals surface area contributed by atoms with Gasteiger partial charge in [0.05, 0.1) is 0 Å². The average molecular weight is 268 g/mol. The second-order valence-electron chi connectivity index (χ2n) is 4.19. The highest BCUT2D eigenvalue weighted by molar-refractivity contribution is 7.85. The highest BCUT2D eigenvalue weighted by Gasteiger charge is 2.13. The molecule has 0 aliphatic rings. The minimum absolute atomic E-state index is 0.0842. The molecule has 18 heavy (non-hydrogen) atoms. The number of hydrogen-bond donors (Lipinski definition) is 1. The van der Waals surface area contributed by atoms with Crippen molar-refractivity contribution in [3.63, 3.8) is 0 Å². The van der Waals surface area contributed by atoms with Gasteiger partial charge in [-0.2, -0.15) is 0 Å². The van der Waals surface area contributed by atoms with Crippen molar-refractivity contribution < 1.29 is 9.00 Å². The van der Waals surface area contributed by atoms with Gasteiger partial charge in [-0.25, -0.2) is 0 Å². The quantitative estimate of drug-likeness (QED) is 0.800. The van der Waals surface area contributed by atoms with Gasteiger partial charge >= 0.3 is 0 Å². The third-order valence-corrected chi connectivity index (χ3v) is 3.98. The highest BCUT2D eigenvalue weighted by atomic mass is 32.2. The molecular formula is C13H20N2O2S. The minimum Gasteiger partial charge on any atom is -0.399 e. The molecule has 0 radical (unpaired) electrons. The van der Waals surface area contributed by atoms with Crippen LogP contribution in [0.4, 0.5) is 11.4 Å². The first kappa shape index (κ1) is 14.7. The van der Waals surface area contributed by atoms with E-state index >= 15 is 0 Å². The van der Waals surface area contributed by atoms with Crippen LogP contribution in [0, 0.1) is 0 Å². The van der Waals surface area contributed by atoms with Gasteiger partial charge in [-0.05, 0) is 30.7 Å². The number of benzene rings is 1. The number of hydrogen-bond acceptors (Lipinski definition) is 3. The van der Waals surface area contributed by atoms with E-state index in [0.29, 0.717) is 11.4 Å². The zero-order valence-corrected chi connectivity index (χ0v) is 11.7. The number of unbranched alkanes of at least 4 members (excludes halogenated alkanes) is 1. The van der Waals surface area contributed by atoms with E-state index in [1.54, 1.807) is 31.3 Å². The molecule has 0 aromatic heterocycles. The van der Waals surface area contributed by atoms with Gasteiger partial charge < -0.3 is 10.6 Å². The summed E-state index contributed by atoms with van der Waals surface area (Å²) in [5.41, 5.74) is 7.01. The standard InChI is InChI=1S/C13H20N2O2S/c1-3-4-9-18(17)10-13(16)15(2)12-7-5-11(14)6-8-12/h5-8H,3-4,9-10,14H2,1-2H3. The molecule has 1 unspecified atom stereocenters. The first-order valence-corrected chi connectivity index (χ1v) is 7.50. The van der Waals surface area contributed by atoms with E-state index in [4.69, 9.17) is 5.73 Å². The SMILES string of the molecule is CCCCS(=O)CC(=O)N(C)c1ccc(N)cc1. The summed E-state index contributed by atoms with van der Waals surface area (Å²) in [6.45, 7) is 2.04. The van der Waals surface area contributed by atoms with Crippen molar-refractivity contribution in [2.24, 2.45) is 0 Å². The number of amides is 1. The number of nitrogens with zero attached hydrogens (tertiary/aromatic N) is 1. The van der Waals surface area contributed by atoms with Crippen LogP contribution in [-0.4, -0.2) is 28.7 Å². The van der Waals surface area contributed by atoms with Crippen LogP contribution in [0.3, 0.4) is 0 Å². The number of nitrogens with two attached hydrogens (primary N) is 1. The number of carbonyl (C=O) groups excluding carboxylic acids is 1. The molecule has 1 aromatic carbocycles. The number of carbonyl (C=O) groups is 1. The molecular weight excluding hydrogens is 248 g/mol. The van der Waals surface area contributed by atoms with Gasteiger partial charge in [-0.3, -0.25) is 9.00 Å². The fourth-order valence-corrected chi connectivity index (χ4v) is 2.68. The van der Waals surface area contributed by atoms with Crippen molar-refractivity contribution in [2.45, 2.75) is 19.8 Å². The first-order valence-electron chi connectivity index (χ1n) is 6.01. The van der Waals surface area contributed by atoms with Crippen molar-refractivity contribution in [1.29, 1.82) is 0 Å². The van der Waals surface area contributed by atoms with Crippen LogP contribution >= 0.6 is 0 Å². The predicted molar refractivity (Wildman–Crippen MR) is 77.0 cm³/mol. The van der Waals surface area contributed by atoms with E-state index in [2.05, 4.69) is 0 Å². The summed E-state index contributed by atoms with van der Waals surface area (Å²) in [5, 5.41) is 0. The lowest BCUT2D eigenvalue weighted by Gasteiger charge is -2.17. The van der Waals surface area contributed by atoms with Gasteiger partial charge in [-0.1, -0.05) is 13.3 Å². The van der Waals surface area contributed by atoms with Gasteiger partial charge in [-0.15, -0.1) is 0 Å². The maximum atomic E-state index is 11.9. The Morgan fingerprint density at radius 1 is 1.33 bits per heavy atom. The zero-order chi connectivity index (χ0) is 13.5. The van der Waals surface area contributed by atoms with Crippen LogP contribution in [0.15, 0.2) is 24.3 Å². The van der Waals surface area contributed by atoms with Crippen LogP contribution in [-0.2, 0) is 15.6 Å². The van der Waals surface area contributed by atoms with Gasteiger partial charge in [0, 0.05) is 35.0 Å². The van der Waals surface area contributed by atoms with Crippen molar-refractivity contribution in [2.75, 3.05) is 29.2 Å². The second kappa shape index (κ2) is 7.16. The van der Waals surface area contributed by atoms with Gasteiger partial charge in [0.1, 0.15) is 5.75 Å². The van der Waals surface area contributed by atoms with Crippen LogP contribution in [0.5, 0.6) is 0 Å². The van der Waals surface area contributed by atoms with E-state index < -0.39 is 10.8 Å². The molecule has 1 amide bonds. The molecule has 2 N–H and O–H groups in total. The summed E-state index contributed by atoms with van der Waals surface area (Å²) in [6, 6.07) is 7.05. The van der Waals surface area contributed by atoms with Crippen LogP contribution < -0.4 is 10.6 Å². The molecule has 0 aliphatic heterocycles. The monoisotopic (exact) mass is 268 g/mol. The van der Waals surface area contributed by atoms with Gasteiger partial charge in [0.25, 0.3) is 0 Å². The summed E-state index contributed by atoms with van der Waals surface area (Å²) >= 11 is 0. The fraction of sp³-hybridized carbons (Fsp3) is 0.462. The lowest BCUT2D eigenvalue weighted by Crippen LogP contribution is -2.31. The molecule has 100 valence electrons. The summed E-state index contributed by atoms with van der Waals surface area (Å²) in [5.74, 6) is 0.549. The molecule has 1 aromatic rings. The Balaban J connectivity index is 2.56. The van der Waals surface area contributed by atoms with Crippen molar-refractivity contribution in [3.05, 3.63) is 24.3 Å². The Hall–Kier alpha value is -1.36. The molecule has 1 atom stereocenters. The van der Waals surface area contributed by atoms with Crippen molar-refractivity contribution in [3.8, 4) is 0 Å². The Bertz CT molecular complexity index is 418. The average Bonchev–Trinajstić information content (AvgIpc) is 2.36. The Morgan fingerprint density at radius 2 is 1.94 bits per heavy atom. The normalized spacial score (nSPS) is 12.1. The third-order valence-electron chi connectivity index (χ3n) is 2.66. The number of rotatable bonds is 6. The van der Waals surface area contributed by atoms with Crippen LogP contribution in [0.25, 0.3) is 0 Å². The molecule has 4 nitrogen and oxygen atoms in total. The fourth-order valence-electron chi connectivity index (χ4n) is 1.45. The second-order valence-corrected chi connectivity index (χ2v) is 5.76. The van der Waals surface area contributed by atoms with E-state index in [0.717, 1.165) is 18.5 Å². The van der Waals surface area contributed by atoms with E-state index in [-0.39, 0.29) is 11.7 Å². The molecule has 0 heterocycles. The van der Waals surface area contributed by atoms with Gasteiger partial charge in [0.15, 0.2) is 0 Å². The molecule has 0 spiro atoms. The Kier molecular flexibility index (Phi) is 5.85. The summed E-state index contributed by atoms with van der Waals surface area (Å²) in [4.78, 5) is 13.4. The molecule has 0 aliphatic carbocycles. The Labute approximate surface area is 111 Å². The first-order chi connectivity index (χ1) is 8.54. The van der Waals surface area contributed by atoms with Crippen molar-refractivity contribution in [1.82, 2.24) is 0 Å². The van der Waals surface area contributed by atoms with E-state index in [1.807, 2.05) is 6.92 Å². The molecule has 5 heteroatoms. The summed E-state index contributed by atoms with van der Waals surface area (Å²) in [6.07, 6.45) is 1.89. The number of nitrogen functional groups attached to an aromatic ring is 1. The lowest BCUT2D eigenvalue weighted by molar-refractivity contribution is -0.115. The van der Waals surface area contributed by atoms with E-state index in [9.17, 15) is 9.00 Å². The maximum absolute atomic E-state index is 11.9. The Morgan fingerprint density at radius 3 is 2.50 bits per heavy atom.